The molecule has 0 aliphatic heterocycles. The van der Waals surface area contributed by atoms with E-state index in [1.807, 2.05) is 43.3 Å². The predicted octanol–water partition coefficient (Wildman–Crippen LogP) is 1.73. The van der Waals surface area contributed by atoms with Crippen molar-refractivity contribution in [1.82, 2.24) is 0 Å². The molecule has 2 aromatic rings. The van der Waals surface area contributed by atoms with Gasteiger partial charge >= 0.3 is 0 Å². The summed E-state index contributed by atoms with van der Waals surface area (Å²) in [5.41, 5.74) is 8.46. The van der Waals surface area contributed by atoms with Gasteiger partial charge in [0, 0.05) is 36.8 Å². The molecule has 112 valence electrons. The van der Waals surface area contributed by atoms with Crippen LogP contribution in [-0.2, 0) is 10.0 Å². The maximum absolute atomic E-state index is 11.4. The van der Waals surface area contributed by atoms with Gasteiger partial charge in [0.1, 0.15) is 0 Å². The summed E-state index contributed by atoms with van der Waals surface area (Å²) >= 11 is 0. The normalized spacial score (nSPS) is 11.2. The highest BCUT2D eigenvalue weighted by atomic mass is 32.2. The number of hydrogen-bond donors (Lipinski definition) is 3. The molecule has 6 nitrogen and oxygen atoms in total. The Bertz CT molecular complexity index is 757. The Morgan fingerprint density at radius 1 is 1.05 bits per heavy atom. The molecule has 2 aromatic carbocycles. The summed E-state index contributed by atoms with van der Waals surface area (Å²) in [5, 5.41) is 8.26. The number of hydrogen-bond acceptors (Lipinski definition) is 5. The average molecular weight is 306 g/mol. The highest BCUT2D eigenvalue weighted by molar-refractivity contribution is 7.89. The van der Waals surface area contributed by atoms with E-state index in [1.165, 1.54) is 12.1 Å². The number of nitrogens with zero attached hydrogens (tertiary/aromatic N) is 1. The van der Waals surface area contributed by atoms with Gasteiger partial charge < -0.3 is 16.0 Å². The van der Waals surface area contributed by atoms with Gasteiger partial charge in [-0.2, -0.15) is 0 Å². The first kappa shape index (κ1) is 15.1. The minimum atomic E-state index is -3.79. The van der Waals surface area contributed by atoms with Crippen molar-refractivity contribution in [3.05, 3.63) is 42.5 Å². The molecule has 0 radical (unpaired) electrons. The van der Waals surface area contributed by atoms with Crippen LogP contribution in [0, 0.1) is 0 Å². The lowest BCUT2D eigenvalue weighted by Crippen LogP contribution is -2.13. The molecular formula is C14H18N4O2S. The molecule has 7 heteroatoms. The molecule has 0 heterocycles. The van der Waals surface area contributed by atoms with Gasteiger partial charge in [0.25, 0.3) is 0 Å². The third kappa shape index (κ3) is 3.87. The molecule has 21 heavy (non-hydrogen) atoms. The lowest BCUT2D eigenvalue weighted by atomic mass is 10.2. The molecule has 0 aromatic heterocycles. The maximum atomic E-state index is 11.4. The second-order valence-electron chi connectivity index (χ2n) is 4.91. The fourth-order valence-electron chi connectivity index (χ4n) is 1.89. The molecular weight excluding hydrogens is 288 g/mol. The fourth-order valence-corrected chi connectivity index (χ4v) is 2.48. The van der Waals surface area contributed by atoms with E-state index in [2.05, 4.69) is 5.32 Å². The van der Waals surface area contributed by atoms with Crippen LogP contribution in [-0.4, -0.2) is 22.5 Å². The Morgan fingerprint density at radius 2 is 1.76 bits per heavy atom. The van der Waals surface area contributed by atoms with Crippen molar-refractivity contribution >= 4 is 32.8 Å². The minimum absolute atomic E-state index is 0.0197. The highest BCUT2D eigenvalue weighted by Gasteiger charge is 2.10. The standard InChI is InChI=1S/C14H18N4O2S/c1-18(2)13-5-3-4-11(8-13)17-12-6-10(15)7-14(9-12)21(16,19)20/h3-9,17H,15H2,1-2H3,(H2,16,19,20). The van der Waals surface area contributed by atoms with Crippen molar-refractivity contribution in [2.75, 3.05) is 30.0 Å². The van der Waals surface area contributed by atoms with Crippen LogP contribution in [0.25, 0.3) is 0 Å². The molecule has 0 fully saturated rings. The summed E-state index contributed by atoms with van der Waals surface area (Å²) < 4.78 is 22.8. The fraction of sp³-hybridized carbons (Fsp3) is 0.143. The largest absolute Gasteiger partial charge is 0.399 e. The number of nitrogens with one attached hydrogen (secondary N) is 1. The zero-order valence-corrected chi connectivity index (χ0v) is 12.7. The monoisotopic (exact) mass is 306 g/mol. The number of benzene rings is 2. The Hall–Kier alpha value is -2.25. The van der Waals surface area contributed by atoms with Crippen LogP contribution >= 0.6 is 0 Å². The van der Waals surface area contributed by atoms with E-state index in [9.17, 15) is 8.42 Å². The summed E-state index contributed by atoms with van der Waals surface area (Å²) in [7, 11) is 0.0964. The zero-order valence-electron chi connectivity index (χ0n) is 11.9. The van der Waals surface area contributed by atoms with Crippen molar-refractivity contribution in [3.63, 3.8) is 0 Å². The van der Waals surface area contributed by atoms with Crippen molar-refractivity contribution in [3.8, 4) is 0 Å². The first-order chi connectivity index (χ1) is 9.75. The molecule has 2 rings (SSSR count). The number of primary sulfonamides is 1. The van der Waals surface area contributed by atoms with Gasteiger partial charge in [0.2, 0.25) is 10.0 Å². The summed E-state index contributed by atoms with van der Waals surface area (Å²) in [6, 6.07) is 12.1. The van der Waals surface area contributed by atoms with Crippen molar-refractivity contribution in [2.24, 2.45) is 5.14 Å². The highest BCUT2D eigenvalue weighted by Crippen LogP contribution is 2.25. The Labute approximate surface area is 124 Å². The van der Waals surface area contributed by atoms with Crippen molar-refractivity contribution < 1.29 is 8.42 Å². The Morgan fingerprint density at radius 3 is 2.38 bits per heavy atom. The molecule has 0 amide bonds. The van der Waals surface area contributed by atoms with Gasteiger partial charge in [-0.3, -0.25) is 0 Å². The molecule has 5 N–H and O–H groups in total. The zero-order chi connectivity index (χ0) is 15.6. The lowest BCUT2D eigenvalue weighted by molar-refractivity contribution is 0.598. The van der Waals surface area contributed by atoms with Crippen LogP contribution in [0.4, 0.5) is 22.7 Å². The average Bonchev–Trinajstić information content (AvgIpc) is 2.37. The number of nitrogen functional groups attached to an aromatic ring is 1. The summed E-state index contributed by atoms with van der Waals surface area (Å²) in [4.78, 5) is 1.95. The quantitative estimate of drug-likeness (QED) is 0.747. The minimum Gasteiger partial charge on any atom is -0.399 e. The molecule has 0 bridgehead atoms. The second kappa shape index (κ2) is 5.63. The first-order valence-corrected chi connectivity index (χ1v) is 7.78. The predicted molar refractivity (Wildman–Crippen MR) is 86.3 cm³/mol. The molecule has 0 spiro atoms. The molecule has 0 unspecified atom stereocenters. The topological polar surface area (TPSA) is 101 Å². The van der Waals surface area contributed by atoms with Gasteiger partial charge in [-0.25, -0.2) is 13.6 Å². The van der Waals surface area contributed by atoms with E-state index in [-0.39, 0.29) is 4.90 Å². The lowest BCUT2D eigenvalue weighted by Gasteiger charge is -2.15. The molecule has 0 saturated heterocycles. The molecule has 0 atom stereocenters. The van der Waals surface area contributed by atoms with Crippen molar-refractivity contribution in [1.29, 1.82) is 0 Å². The second-order valence-corrected chi connectivity index (χ2v) is 6.47. The van der Waals surface area contributed by atoms with E-state index >= 15 is 0 Å². The van der Waals surface area contributed by atoms with E-state index in [0.717, 1.165) is 11.4 Å². The van der Waals surface area contributed by atoms with Crippen LogP contribution in [0.3, 0.4) is 0 Å². The Balaban J connectivity index is 2.36. The van der Waals surface area contributed by atoms with E-state index in [0.29, 0.717) is 11.4 Å². The third-order valence-electron chi connectivity index (χ3n) is 2.91. The van der Waals surface area contributed by atoms with Gasteiger partial charge in [-0.1, -0.05) is 6.07 Å². The summed E-state index contributed by atoms with van der Waals surface area (Å²) in [6.07, 6.45) is 0. The maximum Gasteiger partial charge on any atom is 0.238 e. The van der Waals surface area contributed by atoms with Gasteiger partial charge in [-0.05, 0) is 36.4 Å². The van der Waals surface area contributed by atoms with Gasteiger partial charge in [0.15, 0.2) is 0 Å². The molecule has 0 aliphatic rings. The van der Waals surface area contributed by atoms with Gasteiger partial charge in [-0.15, -0.1) is 0 Å². The van der Waals surface area contributed by atoms with E-state index in [4.69, 9.17) is 10.9 Å². The smallest absolute Gasteiger partial charge is 0.238 e. The third-order valence-corrected chi connectivity index (χ3v) is 3.80. The van der Waals surface area contributed by atoms with Crippen LogP contribution in [0.5, 0.6) is 0 Å². The molecule has 0 aliphatic carbocycles. The number of nitrogens with two attached hydrogens (primary N) is 2. The summed E-state index contributed by atoms with van der Waals surface area (Å²) in [6.45, 7) is 0. The van der Waals surface area contributed by atoms with Crippen molar-refractivity contribution in [2.45, 2.75) is 4.90 Å². The number of sulfonamides is 1. The first-order valence-electron chi connectivity index (χ1n) is 6.23. The Kier molecular flexibility index (Phi) is 4.06. The molecule has 0 saturated carbocycles. The number of rotatable bonds is 4. The van der Waals surface area contributed by atoms with Crippen LogP contribution in [0.1, 0.15) is 0 Å². The number of anilines is 4. The van der Waals surface area contributed by atoms with Crippen LogP contribution in [0.15, 0.2) is 47.4 Å². The SMILES string of the molecule is CN(C)c1cccc(Nc2cc(N)cc(S(N)(=O)=O)c2)c1. The van der Waals surface area contributed by atoms with E-state index in [1.54, 1.807) is 6.07 Å². The van der Waals surface area contributed by atoms with Gasteiger partial charge in [0.05, 0.1) is 4.90 Å². The summed E-state index contributed by atoms with van der Waals surface area (Å²) in [5.74, 6) is 0. The van der Waals surface area contributed by atoms with E-state index < -0.39 is 10.0 Å². The van der Waals surface area contributed by atoms with Crippen LogP contribution < -0.4 is 21.1 Å². The van der Waals surface area contributed by atoms with Crippen LogP contribution in [0.2, 0.25) is 0 Å².